The van der Waals surface area contributed by atoms with Crippen molar-refractivity contribution < 1.29 is 9.90 Å². The number of carboxylic acid groups (broad SMARTS) is 1. The van der Waals surface area contributed by atoms with Crippen molar-refractivity contribution in [1.82, 2.24) is 9.97 Å². The van der Waals surface area contributed by atoms with Crippen molar-refractivity contribution in [1.29, 1.82) is 0 Å². The van der Waals surface area contributed by atoms with Gasteiger partial charge in [-0.05, 0) is 36.7 Å². The first-order valence-corrected chi connectivity index (χ1v) is 5.29. The molecule has 1 heterocycles. The van der Waals surface area contributed by atoms with E-state index in [2.05, 4.69) is 9.97 Å². The van der Waals surface area contributed by atoms with Gasteiger partial charge in [0.2, 0.25) is 5.28 Å². The molecule has 0 spiro atoms. The molecule has 0 fully saturated rings. The van der Waals surface area contributed by atoms with Crippen molar-refractivity contribution in [2.24, 2.45) is 0 Å². The molecular formula is C12H9ClN2O2. The topological polar surface area (TPSA) is 63.1 Å². The highest BCUT2D eigenvalue weighted by molar-refractivity contribution is 6.28. The van der Waals surface area contributed by atoms with Gasteiger partial charge in [0.15, 0.2) is 0 Å². The van der Waals surface area contributed by atoms with Crippen LogP contribution in [0.25, 0.3) is 11.3 Å². The van der Waals surface area contributed by atoms with Gasteiger partial charge in [0.05, 0.1) is 11.3 Å². The molecule has 1 aromatic carbocycles. The lowest BCUT2D eigenvalue weighted by molar-refractivity contribution is 0.0697. The van der Waals surface area contributed by atoms with Gasteiger partial charge in [-0.15, -0.1) is 0 Å². The first-order valence-electron chi connectivity index (χ1n) is 4.91. The van der Waals surface area contributed by atoms with Crippen molar-refractivity contribution in [3.05, 3.63) is 46.9 Å². The number of carboxylic acids is 1. The van der Waals surface area contributed by atoms with Crippen LogP contribution in [0.15, 0.2) is 30.3 Å². The highest BCUT2D eigenvalue weighted by Gasteiger charge is 2.07. The van der Waals surface area contributed by atoms with Crippen LogP contribution in [0.5, 0.6) is 0 Å². The standard InChI is InChI=1S/C12H9ClN2O2/c1-7-5-10(15-12(13)14-7)8-3-2-4-9(6-8)11(16)17/h2-6H,1H3,(H,16,17). The number of hydrogen-bond donors (Lipinski definition) is 1. The highest BCUT2D eigenvalue weighted by Crippen LogP contribution is 2.20. The van der Waals surface area contributed by atoms with E-state index in [0.717, 1.165) is 5.69 Å². The van der Waals surface area contributed by atoms with Crippen molar-refractivity contribution >= 4 is 17.6 Å². The summed E-state index contributed by atoms with van der Waals surface area (Å²) in [6.45, 7) is 1.80. The summed E-state index contributed by atoms with van der Waals surface area (Å²) < 4.78 is 0. The van der Waals surface area contributed by atoms with Gasteiger partial charge in [0.1, 0.15) is 0 Å². The molecule has 0 aliphatic heterocycles. The van der Waals surface area contributed by atoms with Crippen molar-refractivity contribution in [3.63, 3.8) is 0 Å². The molecule has 0 saturated carbocycles. The molecule has 86 valence electrons. The zero-order chi connectivity index (χ0) is 12.4. The number of carbonyl (C=O) groups is 1. The number of hydrogen-bond acceptors (Lipinski definition) is 3. The van der Waals surface area contributed by atoms with Crippen LogP contribution in [0.2, 0.25) is 5.28 Å². The lowest BCUT2D eigenvalue weighted by Gasteiger charge is -2.03. The summed E-state index contributed by atoms with van der Waals surface area (Å²) in [5.41, 5.74) is 2.28. The normalized spacial score (nSPS) is 10.2. The van der Waals surface area contributed by atoms with E-state index >= 15 is 0 Å². The van der Waals surface area contributed by atoms with Crippen LogP contribution in [0, 0.1) is 6.92 Å². The van der Waals surface area contributed by atoms with Crippen molar-refractivity contribution in [2.75, 3.05) is 0 Å². The van der Waals surface area contributed by atoms with Gasteiger partial charge in [0, 0.05) is 11.3 Å². The van der Waals surface area contributed by atoms with Gasteiger partial charge >= 0.3 is 5.97 Å². The summed E-state index contributed by atoms with van der Waals surface area (Å²) in [5.74, 6) is -0.969. The largest absolute Gasteiger partial charge is 0.478 e. The van der Waals surface area contributed by atoms with Gasteiger partial charge < -0.3 is 5.11 Å². The van der Waals surface area contributed by atoms with Crippen LogP contribution in [-0.4, -0.2) is 21.0 Å². The molecule has 0 amide bonds. The fourth-order valence-electron chi connectivity index (χ4n) is 1.49. The van der Waals surface area contributed by atoms with E-state index in [1.807, 2.05) is 0 Å². The highest BCUT2D eigenvalue weighted by atomic mass is 35.5. The monoisotopic (exact) mass is 248 g/mol. The minimum absolute atomic E-state index is 0.153. The lowest BCUT2D eigenvalue weighted by Crippen LogP contribution is -1.97. The Kier molecular flexibility index (Phi) is 3.06. The third-order valence-electron chi connectivity index (χ3n) is 2.23. The SMILES string of the molecule is Cc1cc(-c2cccc(C(=O)O)c2)nc(Cl)n1. The summed E-state index contributed by atoms with van der Waals surface area (Å²) in [5, 5.41) is 9.06. The molecule has 0 saturated heterocycles. The maximum atomic E-state index is 10.9. The van der Waals surface area contributed by atoms with Crippen LogP contribution in [0.1, 0.15) is 16.1 Å². The molecule has 17 heavy (non-hydrogen) atoms. The van der Waals surface area contributed by atoms with E-state index in [1.165, 1.54) is 6.07 Å². The quantitative estimate of drug-likeness (QED) is 0.830. The van der Waals surface area contributed by atoms with Gasteiger partial charge in [-0.25, -0.2) is 14.8 Å². The Morgan fingerprint density at radius 2 is 2.06 bits per heavy atom. The predicted molar refractivity (Wildman–Crippen MR) is 64.2 cm³/mol. The molecule has 2 aromatic rings. The molecule has 0 aliphatic rings. The molecule has 0 aliphatic carbocycles. The number of aromatic nitrogens is 2. The molecule has 0 bridgehead atoms. The number of nitrogens with zero attached hydrogens (tertiary/aromatic N) is 2. The molecule has 0 radical (unpaired) electrons. The maximum Gasteiger partial charge on any atom is 0.335 e. The molecule has 5 heteroatoms. The summed E-state index contributed by atoms with van der Waals surface area (Å²) in [6.07, 6.45) is 0. The molecular weight excluding hydrogens is 240 g/mol. The molecule has 2 rings (SSSR count). The van der Waals surface area contributed by atoms with E-state index in [-0.39, 0.29) is 10.8 Å². The van der Waals surface area contributed by atoms with E-state index in [0.29, 0.717) is 11.3 Å². The van der Waals surface area contributed by atoms with Gasteiger partial charge in [0.25, 0.3) is 0 Å². The smallest absolute Gasteiger partial charge is 0.335 e. The van der Waals surface area contributed by atoms with E-state index in [4.69, 9.17) is 16.7 Å². The van der Waals surface area contributed by atoms with Crippen LogP contribution in [0.3, 0.4) is 0 Å². The molecule has 1 N–H and O–H groups in total. The van der Waals surface area contributed by atoms with Gasteiger partial charge in [-0.1, -0.05) is 12.1 Å². The van der Waals surface area contributed by atoms with Gasteiger partial charge in [-0.3, -0.25) is 0 Å². The third-order valence-corrected chi connectivity index (χ3v) is 2.40. The van der Waals surface area contributed by atoms with E-state index < -0.39 is 5.97 Å². The number of aromatic carboxylic acids is 1. The van der Waals surface area contributed by atoms with Crippen LogP contribution in [0.4, 0.5) is 0 Å². The summed E-state index contributed by atoms with van der Waals surface area (Å²) >= 11 is 5.76. The van der Waals surface area contributed by atoms with Gasteiger partial charge in [-0.2, -0.15) is 0 Å². The number of rotatable bonds is 2. The minimum Gasteiger partial charge on any atom is -0.478 e. The van der Waals surface area contributed by atoms with Crippen LogP contribution >= 0.6 is 11.6 Å². The third kappa shape index (κ3) is 2.60. The van der Waals surface area contributed by atoms with Crippen molar-refractivity contribution in [3.8, 4) is 11.3 Å². The second-order valence-electron chi connectivity index (χ2n) is 3.55. The molecule has 0 unspecified atom stereocenters. The fraction of sp³-hybridized carbons (Fsp3) is 0.0833. The summed E-state index contributed by atoms with van der Waals surface area (Å²) in [6, 6.07) is 8.30. The fourth-order valence-corrected chi connectivity index (χ4v) is 1.72. The summed E-state index contributed by atoms with van der Waals surface area (Å²) in [7, 11) is 0. The molecule has 4 nitrogen and oxygen atoms in total. The van der Waals surface area contributed by atoms with Crippen LogP contribution < -0.4 is 0 Å². The molecule has 1 aromatic heterocycles. The predicted octanol–water partition coefficient (Wildman–Crippen LogP) is 2.80. The average molecular weight is 249 g/mol. The first kappa shape index (κ1) is 11.5. The second kappa shape index (κ2) is 4.51. The average Bonchev–Trinajstić information content (AvgIpc) is 2.28. The van der Waals surface area contributed by atoms with E-state index in [1.54, 1.807) is 31.2 Å². The zero-order valence-corrected chi connectivity index (χ0v) is 9.77. The Balaban J connectivity index is 2.52. The zero-order valence-electron chi connectivity index (χ0n) is 9.01. The Morgan fingerprint density at radius 1 is 1.29 bits per heavy atom. The number of halogens is 1. The van der Waals surface area contributed by atoms with Crippen molar-refractivity contribution in [2.45, 2.75) is 6.92 Å². The Hall–Kier alpha value is -1.94. The van der Waals surface area contributed by atoms with E-state index in [9.17, 15) is 4.79 Å². The first-order chi connectivity index (χ1) is 8.06. The second-order valence-corrected chi connectivity index (χ2v) is 3.89. The minimum atomic E-state index is -0.969. The maximum absolute atomic E-state index is 10.9. The molecule has 0 atom stereocenters. The van der Waals surface area contributed by atoms with Crippen LogP contribution in [-0.2, 0) is 0 Å². The Bertz CT molecular complexity index is 564. The Labute approximate surface area is 103 Å². The number of benzene rings is 1. The lowest BCUT2D eigenvalue weighted by atomic mass is 10.1. The Morgan fingerprint density at radius 3 is 2.71 bits per heavy atom. The number of aryl methyl sites for hydroxylation is 1. The summed E-state index contributed by atoms with van der Waals surface area (Å²) in [4.78, 5) is 18.9.